The van der Waals surface area contributed by atoms with Gasteiger partial charge in [-0.2, -0.15) is 13.2 Å². The molecular weight excluding hydrogens is 224 g/mol. The van der Waals surface area contributed by atoms with Crippen molar-refractivity contribution in [2.75, 3.05) is 0 Å². The smallest absolute Gasteiger partial charge is 0.344 e. The van der Waals surface area contributed by atoms with E-state index >= 15 is 0 Å². The van der Waals surface area contributed by atoms with Crippen molar-refractivity contribution in [3.05, 3.63) is 41.7 Å². The Kier molecular flexibility index (Phi) is 3.93. The zero-order valence-electron chi connectivity index (χ0n) is 8.73. The lowest BCUT2D eigenvalue weighted by Crippen LogP contribution is -1.95. The first-order valence-electron chi connectivity index (χ1n) is 4.59. The summed E-state index contributed by atoms with van der Waals surface area (Å²) in [5.74, 6) is -0.956. The third-order valence-electron chi connectivity index (χ3n) is 1.92. The van der Waals surface area contributed by atoms with Gasteiger partial charge in [0.2, 0.25) is 0 Å². The van der Waals surface area contributed by atoms with Crippen molar-refractivity contribution < 1.29 is 22.3 Å². The summed E-state index contributed by atoms with van der Waals surface area (Å²) < 4.78 is 53.2. The van der Waals surface area contributed by atoms with Crippen LogP contribution in [0.4, 0.5) is 17.6 Å². The minimum Gasteiger partial charge on any atom is -0.428 e. The zero-order valence-corrected chi connectivity index (χ0v) is 8.73. The molecule has 1 aromatic carbocycles. The van der Waals surface area contributed by atoms with Gasteiger partial charge in [0, 0.05) is 6.07 Å². The van der Waals surface area contributed by atoms with Gasteiger partial charge < -0.3 is 4.74 Å². The van der Waals surface area contributed by atoms with E-state index in [0.29, 0.717) is 5.56 Å². The molecule has 0 spiro atoms. The van der Waals surface area contributed by atoms with Gasteiger partial charge >= 0.3 is 12.1 Å². The highest BCUT2D eigenvalue weighted by Crippen LogP contribution is 2.25. The van der Waals surface area contributed by atoms with Gasteiger partial charge in [-0.3, -0.25) is 0 Å². The van der Waals surface area contributed by atoms with Crippen LogP contribution in [0.25, 0.3) is 0 Å². The molecule has 0 fully saturated rings. The Balaban J connectivity index is 3.02. The molecule has 0 aliphatic carbocycles. The minimum atomic E-state index is -2.57. The fourth-order valence-corrected chi connectivity index (χ4v) is 1.12. The number of rotatable bonds is 3. The molecule has 1 rings (SSSR count). The molecule has 88 valence electrons. The monoisotopic (exact) mass is 234 g/mol. The number of hydrogen-bond donors (Lipinski definition) is 0. The van der Waals surface area contributed by atoms with Crippen LogP contribution in [0, 0.1) is 5.82 Å². The second kappa shape index (κ2) is 5.01. The van der Waals surface area contributed by atoms with Gasteiger partial charge in [0.25, 0.3) is 0 Å². The number of benzene rings is 1. The highest BCUT2D eigenvalue weighted by molar-refractivity contribution is 5.32. The maximum Gasteiger partial charge on any atom is 0.344 e. The third-order valence-corrected chi connectivity index (χ3v) is 1.92. The number of ether oxygens (including phenoxy) is 1. The van der Waals surface area contributed by atoms with E-state index in [2.05, 4.69) is 4.74 Å². The Bertz CT molecular complexity index is 408. The van der Waals surface area contributed by atoms with Gasteiger partial charge in [0.15, 0.2) is 0 Å². The number of hydrogen-bond acceptors (Lipinski definition) is 1. The zero-order chi connectivity index (χ0) is 12.3. The molecular formula is C11H10F4O. The van der Waals surface area contributed by atoms with E-state index in [0.717, 1.165) is 6.07 Å². The summed E-state index contributed by atoms with van der Waals surface area (Å²) in [6.45, 7) is 3.58. The lowest BCUT2D eigenvalue weighted by atomic mass is 10.0. The van der Waals surface area contributed by atoms with Crippen molar-refractivity contribution in [3.8, 4) is 5.75 Å². The summed E-state index contributed by atoms with van der Waals surface area (Å²) in [5, 5.41) is 0. The standard InChI is InChI=1S/C11H10F4O/c1-6(2)7-3-8(12)5-9(4-7)16-11(15)10(13)14/h3-6H,1-2H3. The fraction of sp³-hybridized carbons (Fsp3) is 0.273. The van der Waals surface area contributed by atoms with Crippen molar-refractivity contribution in [3.63, 3.8) is 0 Å². The Morgan fingerprint density at radius 2 is 1.75 bits per heavy atom. The molecule has 0 bridgehead atoms. The van der Waals surface area contributed by atoms with Crippen molar-refractivity contribution in [1.82, 2.24) is 0 Å². The summed E-state index contributed by atoms with van der Waals surface area (Å²) in [4.78, 5) is 0. The van der Waals surface area contributed by atoms with Crippen molar-refractivity contribution >= 4 is 0 Å². The summed E-state index contributed by atoms with van der Waals surface area (Å²) in [6.07, 6.45) is -2.57. The molecule has 0 heterocycles. The number of halogens is 4. The van der Waals surface area contributed by atoms with Crippen LogP contribution >= 0.6 is 0 Å². The average molecular weight is 234 g/mol. The first-order chi connectivity index (χ1) is 7.40. The molecule has 0 N–H and O–H groups in total. The molecule has 1 aromatic rings. The Labute approximate surface area is 90.3 Å². The lowest BCUT2D eigenvalue weighted by Gasteiger charge is -2.08. The van der Waals surface area contributed by atoms with Crippen LogP contribution < -0.4 is 4.74 Å². The molecule has 0 atom stereocenters. The summed E-state index contributed by atoms with van der Waals surface area (Å²) in [6, 6.07) is 1.38. The van der Waals surface area contributed by atoms with E-state index < -0.39 is 17.9 Å². The van der Waals surface area contributed by atoms with E-state index in [1.165, 1.54) is 12.1 Å². The molecule has 16 heavy (non-hydrogen) atoms. The molecule has 0 amide bonds. The van der Waals surface area contributed by atoms with Gasteiger partial charge in [0.1, 0.15) is 11.6 Å². The first-order valence-corrected chi connectivity index (χ1v) is 4.59. The molecule has 1 nitrogen and oxygen atoms in total. The largest absolute Gasteiger partial charge is 0.428 e. The Morgan fingerprint density at radius 3 is 2.25 bits per heavy atom. The Morgan fingerprint density at radius 1 is 1.12 bits per heavy atom. The summed E-state index contributed by atoms with van der Waals surface area (Å²) in [5.41, 5.74) is 0.544. The van der Waals surface area contributed by atoms with Crippen molar-refractivity contribution in [1.29, 1.82) is 0 Å². The third kappa shape index (κ3) is 3.25. The van der Waals surface area contributed by atoms with Gasteiger partial charge in [-0.1, -0.05) is 13.8 Å². The predicted molar refractivity (Wildman–Crippen MR) is 51.5 cm³/mol. The summed E-state index contributed by atoms with van der Waals surface area (Å²) in [7, 11) is 0. The van der Waals surface area contributed by atoms with E-state index in [-0.39, 0.29) is 11.7 Å². The SMILES string of the molecule is CC(C)c1cc(F)cc(OC(F)=C(F)F)c1. The highest BCUT2D eigenvalue weighted by Gasteiger charge is 2.10. The molecule has 0 aliphatic heterocycles. The minimum absolute atomic E-state index is 0.0136. The predicted octanol–water partition coefficient (Wildman–Crippen LogP) is 4.36. The highest BCUT2D eigenvalue weighted by atomic mass is 19.3. The summed E-state index contributed by atoms with van der Waals surface area (Å²) >= 11 is 0. The van der Waals surface area contributed by atoms with Gasteiger partial charge in [-0.25, -0.2) is 4.39 Å². The van der Waals surface area contributed by atoms with Crippen LogP contribution in [0.1, 0.15) is 25.3 Å². The maximum absolute atomic E-state index is 13.0. The molecule has 0 unspecified atom stereocenters. The van der Waals surface area contributed by atoms with E-state index in [1.54, 1.807) is 13.8 Å². The molecule has 5 heteroatoms. The first kappa shape index (κ1) is 12.5. The fourth-order valence-electron chi connectivity index (χ4n) is 1.12. The second-order valence-electron chi connectivity index (χ2n) is 3.51. The topological polar surface area (TPSA) is 9.23 Å². The van der Waals surface area contributed by atoms with Gasteiger partial charge in [0.05, 0.1) is 0 Å². The normalized spacial score (nSPS) is 10.4. The average Bonchev–Trinajstić information content (AvgIpc) is 2.16. The second-order valence-corrected chi connectivity index (χ2v) is 3.51. The van der Waals surface area contributed by atoms with Crippen LogP contribution in [0.2, 0.25) is 0 Å². The van der Waals surface area contributed by atoms with Crippen molar-refractivity contribution in [2.24, 2.45) is 0 Å². The maximum atomic E-state index is 13.0. The van der Waals surface area contributed by atoms with Gasteiger partial charge in [-0.05, 0) is 23.6 Å². The van der Waals surface area contributed by atoms with Crippen LogP contribution in [-0.4, -0.2) is 0 Å². The van der Waals surface area contributed by atoms with E-state index in [1.807, 2.05) is 0 Å². The van der Waals surface area contributed by atoms with Crippen LogP contribution in [0.5, 0.6) is 5.75 Å². The quantitative estimate of drug-likeness (QED) is 0.557. The lowest BCUT2D eigenvalue weighted by molar-refractivity contribution is 0.240. The molecule has 0 saturated heterocycles. The van der Waals surface area contributed by atoms with Crippen molar-refractivity contribution in [2.45, 2.75) is 19.8 Å². The van der Waals surface area contributed by atoms with E-state index in [4.69, 9.17) is 0 Å². The molecule has 0 radical (unpaired) electrons. The Hall–Kier alpha value is -1.52. The van der Waals surface area contributed by atoms with Crippen LogP contribution in [0.3, 0.4) is 0 Å². The molecule has 0 saturated carbocycles. The van der Waals surface area contributed by atoms with Crippen LogP contribution in [-0.2, 0) is 0 Å². The van der Waals surface area contributed by atoms with E-state index in [9.17, 15) is 17.6 Å². The molecule has 0 aliphatic rings. The van der Waals surface area contributed by atoms with Crippen LogP contribution in [0.15, 0.2) is 30.3 Å². The van der Waals surface area contributed by atoms with Gasteiger partial charge in [-0.15, -0.1) is 0 Å². The molecule has 0 aromatic heterocycles.